The first kappa shape index (κ1) is 10.4. The van der Waals surface area contributed by atoms with E-state index in [0.29, 0.717) is 11.9 Å². The van der Waals surface area contributed by atoms with Crippen molar-refractivity contribution in [1.29, 1.82) is 5.41 Å². The van der Waals surface area contributed by atoms with Crippen LogP contribution in [0.25, 0.3) is 10.9 Å². The number of aromatic nitrogens is 2. The maximum Gasteiger partial charge on any atom is 0.271 e. The highest BCUT2D eigenvalue weighted by Gasteiger charge is 2.10. The molecule has 1 aromatic carbocycles. The second kappa shape index (κ2) is 3.77. The van der Waals surface area contributed by atoms with Gasteiger partial charge in [0.15, 0.2) is 5.69 Å². The number of rotatable bonds is 2. The number of nitrogens with two attached hydrogens (primary N) is 1. The molecule has 2 rings (SSSR count). The Labute approximate surface area is 92.0 Å². The Morgan fingerprint density at radius 3 is 2.81 bits per heavy atom. The van der Waals surface area contributed by atoms with Gasteiger partial charge in [-0.15, -0.1) is 0 Å². The van der Waals surface area contributed by atoms with E-state index in [1.54, 1.807) is 10.7 Å². The Hall–Kier alpha value is -2.17. The summed E-state index contributed by atoms with van der Waals surface area (Å²) < 4.78 is 1.67. The van der Waals surface area contributed by atoms with Gasteiger partial charge in [-0.05, 0) is 13.0 Å². The molecule has 0 saturated heterocycles. The van der Waals surface area contributed by atoms with Crippen LogP contribution in [-0.2, 0) is 6.54 Å². The summed E-state index contributed by atoms with van der Waals surface area (Å²) in [6.45, 7) is 2.55. The maximum atomic E-state index is 11.2. The van der Waals surface area contributed by atoms with Crippen molar-refractivity contribution in [1.82, 2.24) is 9.78 Å². The van der Waals surface area contributed by atoms with Gasteiger partial charge in [-0.1, -0.05) is 18.2 Å². The van der Waals surface area contributed by atoms with Gasteiger partial charge in [0.05, 0.1) is 10.9 Å². The number of fused-ring (bicyclic) bond motifs is 1. The van der Waals surface area contributed by atoms with E-state index < -0.39 is 5.91 Å². The van der Waals surface area contributed by atoms with E-state index in [0.717, 1.165) is 5.52 Å². The summed E-state index contributed by atoms with van der Waals surface area (Å²) in [6, 6.07) is 7.36. The van der Waals surface area contributed by atoms with Crippen molar-refractivity contribution in [2.45, 2.75) is 13.5 Å². The molecular formula is C11H12N4O. The fourth-order valence-corrected chi connectivity index (χ4v) is 1.68. The molecule has 0 bridgehead atoms. The number of hydrogen-bond acceptors (Lipinski definition) is 3. The molecule has 0 unspecified atom stereocenters. The van der Waals surface area contributed by atoms with Gasteiger partial charge >= 0.3 is 0 Å². The van der Waals surface area contributed by atoms with E-state index in [-0.39, 0.29) is 11.1 Å². The first-order chi connectivity index (χ1) is 7.65. The molecule has 3 N–H and O–H groups in total. The van der Waals surface area contributed by atoms with Gasteiger partial charge < -0.3 is 5.73 Å². The molecule has 5 heteroatoms. The van der Waals surface area contributed by atoms with Crippen LogP contribution >= 0.6 is 0 Å². The smallest absolute Gasteiger partial charge is 0.271 e. The van der Waals surface area contributed by atoms with Gasteiger partial charge in [0.2, 0.25) is 0 Å². The third-order valence-corrected chi connectivity index (χ3v) is 2.44. The molecule has 2 aromatic rings. The number of para-hydroxylation sites is 1. The zero-order valence-corrected chi connectivity index (χ0v) is 8.90. The van der Waals surface area contributed by atoms with Crippen molar-refractivity contribution in [2.75, 3.05) is 0 Å². The molecule has 16 heavy (non-hydrogen) atoms. The third-order valence-electron chi connectivity index (χ3n) is 2.44. The van der Waals surface area contributed by atoms with E-state index in [9.17, 15) is 4.79 Å². The SMILES string of the molecule is CCn1nc(C(N)=O)c(=N)c2ccccc21. The first-order valence-corrected chi connectivity index (χ1v) is 4.99. The fourth-order valence-electron chi connectivity index (χ4n) is 1.68. The van der Waals surface area contributed by atoms with Crippen LogP contribution in [0.5, 0.6) is 0 Å². The van der Waals surface area contributed by atoms with Crippen LogP contribution in [0.15, 0.2) is 24.3 Å². The normalized spacial score (nSPS) is 10.6. The highest BCUT2D eigenvalue weighted by molar-refractivity contribution is 5.93. The number of nitrogens with one attached hydrogen (secondary N) is 1. The fraction of sp³-hybridized carbons (Fsp3) is 0.182. The lowest BCUT2D eigenvalue weighted by atomic mass is 10.2. The van der Waals surface area contributed by atoms with E-state index >= 15 is 0 Å². The van der Waals surface area contributed by atoms with Crippen molar-refractivity contribution >= 4 is 16.8 Å². The molecule has 0 aliphatic carbocycles. The first-order valence-electron chi connectivity index (χ1n) is 4.99. The molecule has 5 nitrogen and oxygen atoms in total. The Kier molecular flexibility index (Phi) is 2.44. The van der Waals surface area contributed by atoms with Crippen LogP contribution in [-0.4, -0.2) is 15.7 Å². The van der Waals surface area contributed by atoms with Crippen LogP contribution < -0.4 is 11.1 Å². The third kappa shape index (κ3) is 1.46. The second-order valence-electron chi connectivity index (χ2n) is 3.42. The number of nitrogens with zero attached hydrogens (tertiary/aromatic N) is 2. The van der Waals surface area contributed by atoms with Crippen molar-refractivity contribution in [3.63, 3.8) is 0 Å². The van der Waals surface area contributed by atoms with Crippen molar-refractivity contribution in [3.05, 3.63) is 35.3 Å². The quantitative estimate of drug-likeness (QED) is 0.771. The maximum absolute atomic E-state index is 11.2. The van der Waals surface area contributed by atoms with Crippen LogP contribution in [0, 0.1) is 5.41 Å². The average Bonchev–Trinajstić information content (AvgIpc) is 2.29. The standard InChI is InChI=1S/C11H12N4O/c1-2-15-8-6-4-3-5-7(8)9(12)10(14-15)11(13)16/h3-6,12H,2H2,1H3,(H2,13,16). The Morgan fingerprint density at radius 1 is 1.50 bits per heavy atom. The molecular weight excluding hydrogens is 204 g/mol. The van der Waals surface area contributed by atoms with Gasteiger partial charge in [-0.2, -0.15) is 5.10 Å². The minimum Gasteiger partial charge on any atom is -0.364 e. The summed E-state index contributed by atoms with van der Waals surface area (Å²) in [4.78, 5) is 11.2. The monoisotopic (exact) mass is 216 g/mol. The highest BCUT2D eigenvalue weighted by Crippen LogP contribution is 2.08. The van der Waals surface area contributed by atoms with Gasteiger partial charge in [0, 0.05) is 11.9 Å². The largest absolute Gasteiger partial charge is 0.364 e. The summed E-state index contributed by atoms with van der Waals surface area (Å²) >= 11 is 0. The number of amides is 1. The molecule has 0 radical (unpaired) electrons. The van der Waals surface area contributed by atoms with Gasteiger partial charge in [-0.25, -0.2) is 0 Å². The predicted molar refractivity (Wildman–Crippen MR) is 59.8 cm³/mol. The van der Waals surface area contributed by atoms with Crippen LogP contribution in [0.3, 0.4) is 0 Å². The highest BCUT2D eigenvalue weighted by atomic mass is 16.1. The molecule has 82 valence electrons. The van der Waals surface area contributed by atoms with E-state index in [1.165, 1.54) is 0 Å². The molecule has 0 aliphatic heterocycles. The number of benzene rings is 1. The zero-order chi connectivity index (χ0) is 11.7. The second-order valence-corrected chi connectivity index (χ2v) is 3.42. The van der Waals surface area contributed by atoms with E-state index in [2.05, 4.69) is 5.10 Å². The van der Waals surface area contributed by atoms with Gasteiger partial charge in [-0.3, -0.25) is 14.9 Å². The molecule has 1 aromatic heterocycles. The van der Waals surface area contributed by atoms with Crippen molar-refractivity contribution in [3.8, 4) is 0 Å². The van der Waals surface area contributed by atoms with Gasteiger partial charge in [0.1, 0.15) is 0 Å². The van der Waals surface area contributed by atoms with Crippen LogP contribution in [0.4, 0.5) is 0 Å². The average molecular weight is 216 g/mol. The Balaban J connectivity index is 2.94. The molecule has 0 aliphatic rings. The minimum atomic E-state index is -0.669. The Morgan fingerprint density at radius 2 is 2.19 bits per heavy atom. The summed E-state index contributed by atoms with van der Waals surface area (Å²) in [5.41, 5.74) is 6.04. The van der Waals surface area contributed by atoms with Crippen molar-refractivity contribution < 1.29 is 4.79 Å². The number of carbonyl (C=O) groups excluding carboxylic acids is 1. The van der Waals surface area contributed by atoms with Crippen LogP contribution in [0.2, 0.25) is 0 Å². The topological polar surface area (TPSA) is 84.8 Å². The molecule has 0 spiro atoms. The number of carbonyl (C=O) groups is 1. The zero-order valence-electron chi connectivity index (χ0n) is 8.90. The van der Waals surface area contributed by atoms with E-state index in [1.807, 2.05) is 25.1 Å². The summed E-state index contributed by atoms with van der Waals surface area (Å²) in [7, 11) is 0. The number of aryl methyl sites for hydroxylation is 1. The number of primary amides is 1. The number of hydrogen-bond donors (Lipinski definition) is 2. The Bertz CT molecular complexity index is 615. The minimum absolute atomic E-state index is 0.0144. The molecule has 1 heterocycles. The van der Waals surface area contributed by atoms with Gasteiger partial charge in [0.25, 0.3) is 5.91 Å². The molecule has 0 saturated carbocycles. The van der Waals surface area contributed by atoms with Crippen LogP contribution in [0.1, 0.15) is 17.4 Å². The lowest BCUT2D eigenvalue weighted by molar-refractivity contribution is 0.0992. The molecule has 1 amide bonds. The molecule has 0 atom stereocenters. The summed E-state index contributed by atoms with van der Waals surface area (Å²) in [5, 5.41) is 12.7. The predicted octanol–water partition coefficient (Wildman–Crippen LogP) is 0.635. The lowest BCUT2D eigenvalue weighted by Crippen LogP contribution is -2.27. The lowest BCUT2D eigenvalue weighted by Gasteiger charge is -2.09. The van der Waals surface area contributed by atoms with E-state index in [4.69, 9.17) is 11.1 Å². The molecule has 0 fully saturated rings. The van der Waals surface area contributed by atoms with Crippen molar-refractivity contribution in [2.24, 2.45) is 5.73 Å². The summed E-state index contributed by atoms with van der Waals surface area (Å²) in [6.07, 6.45) is 0. The summed E-state index contributed by atoms with van der Waals surface area (Å²) in [5.74, 6) is -0.669.